The van der Waals surface area contributed by atoms with Crippen LogP contribution in [-0.2, 0) is 16.0 Å². The second-order valence-corrected chi connectivity index (χ2v) is 18.9. The maximum Gasteiger partial charge on any atom is 0.355 e. The molecule has 2 unspecified atom stereocenters. The maximum atomic E-state index is 13.6. The van der Waals surface area contributed by atoms with E-state index in [4.69, 9.17) is 19.6 Å². The molecule has 11 nitrogen and oxygen atoms in total. The van der Waals surface area contributed by atoms with Crippen LogP contribution in [-0.4, -0.2) is 75.7 Å². The number of nitrogens with one attached hydrogen (secondary N) is 2. The van der Waals surface area contributed by atoms with Gasteiger partial charge in [-0.3, -0.25) is 14.8 Å². The van der Waals surface area contributed by atoms with Crippen LogP contribution in [0.4, 0.5) is 5.13 Å². The summed E-state index contributed by atoms with van der Waals surface area (Å²) in [4.78, 5) is 35.8. The predicted octanol–water partition coefficient (Wildman–Crippen LogP) is 9.01. The minimum Gasteiger partial charge on any atom is -0.476 e. The standard InChI is InChI=1S/C46H50N6O5S/c1-29-35(21-48-52(29)28-45-23-43(2)22-44(3,24-45)26-46(25-43,27-45)57-19-17-47-16-18-56-4)32-14-15-36(49-39(32)41(54)55)31-13-12-30-8-7-9-33(34(30)20-31)40(53)51-42-50-37-10-5-6-11-38(37)58-42/h5-15,20-21,47H,16-19,22-28H2,1-4H3,(H,54,55)(H,50,51,53). The van der Waals surface area contributed by atoms with Gasteiger partial charge in [-0.05, 0) is 109 Å². The zero-order chi connectivity index (χ0) is 40.3. The largest absolute Gasteiger partial charge is 0.476 e. The summed E-state index contributed by atoms with van der Waals surface area (Å²) in [6, 6.07) is 22.8. The lowest BCUT2D eigenvalue weighted by Crippen LogP contribution is -2.64. The second kappa shape index (κ2) is 14.7. The number of carboxylic acids is 1. The van der Waals surface area contributed by atoms with E-state index in [2.05, 4.69) is 34.1 Å². The molecule has 4 aliphatic carbocycles. The summed E-state index contributed by atoms with van der Waals surface area (Å²) in [5.74, 6) is -1.38. The first kappa shape index (κ1) is 38.5. The topological polar surface area (TPSA) is 140 Å². The van der Waals surface area contributed by atoms with Crippen molar-refractivity contribution in [2.45, 2.75) is 71.4 Å². The fourth-order valence-corrected chi connectivity index (χ4v) is 12.6. The molecule has 0 saturated heterocycles. The van der Waals surface area contributed by atoms with E-state index >= 15 is 0 Å². The van der Waals surface area contributed by atoms with Crippen molar-refractivity contribution in [2.75, 3.05) is 38.7 Å². The number of anilines is 1. The molecular formula is C46H50N6O5S. The number of aromatic nitrogens is 4. The highest BCUT2D eigenvalue weighted by Crippen LogP contribution is 2.72. The number of carbonyl (C=O) groups excluding carboxylic acids is 1. The summed E-state index contributed by atoms with van der Waals surface area (Å²) in [5, 5.41) is 24.0. The van der Waals surface area contributed by atoms with Gasteiger partial charge in [0.05, 0.1) is 40.9 Å². The molecule has 3 aromatic carbocycles. The Balaban J connectivity index is 0.975. The normalized spacial score (nSPS) is 24.8. The third-order valence-electron chi connectivity index (χ3n) is 12.7. The maximum absolute atomic E-state index is 13.6. The SMILES string of the molecule is COCCNCCOC12CC3(C)CC(C)(CC(Cn4ncc(-c5ccc(-c6ccc7cccc(C(=O)Nc8nc9ccccc9s8)c7c6)nc5C(=O)O)c4C)(C3)C1)C2. The molecule has 3 heterocycles. The third-order valence-corrected chi connectivity index (χ3v) is 13.7. The monoisotopic (exact) mass is 798 g/mol. The molecule has 3 N–H and O–H groups in total. The van der Waals surface area contributed by atoms with E-state index in [0.717, 1.165) is 84.0 Å². The van der Waals surface area contributed by atoms with Gasteiger partial charge in [0.25, 0.3) is 5.91 Å². The van der Waals surface area contributed by atoms with Crippen LogP contribution in [0.5, 0.6) is 0 Å². The molecule has 0 radical (unpaired) electrons. The van der Waals surface area contributed by atoms with Gasteiger partial charge in [-0.2, -0.15) is 5.10 Å². The van der Waals surface area contributed by atoms with Gasteiger partial charge in [0.1, 0.15) is 0 Å². The Morgan fingerprint density at radius 1 is 0.879 bits per heavy atom. The van der Waals surface area contributed by atoms with E-state index in [1.165, 1.54) is 17.8 Å². The first-order valence-corrected chi connectivity index (χ1v) is 21.0. The number of carbonyl (C=O) groups is 2. The quantitative estimate of drug-likeness (QED) is 0.0922. The molecule has 6 aromatic rings. The van der Waals surface area contributed by atoms with E-state index in [0.29, 0.717) is 40.7 Å². The Morgan fingerprint density at radius 2 is 1.67 bits per heavy atom. The smallest absolute Gasteiger partial charge is 0.355 e. The van der Waals surface area contributed by atoms with Crippen LogP contribution in [0.1, 0.15) is 78.9 Å². The summed E-state index contributed by atoms with van der Waals surface area (Å²) in [5.41, 5.74) is 5.01. The van der Waals surface area contributed by atoms with Crippen molar-refractivity contribution in [1.29, 1.82) is 0 Å². The fraction of sp³-hybridized carbons (Fsp3) is 0.413. The molecule has 300 valence electrons. The van der Waals surface area contributed by atoms with Gasteiger partial charge in [-0.1, -0.05) is 61.6 Å². The van der Waals surface area contributed by atoms with Gasteiger partial charge in [-0.15, -0.1) is 0 Å². The lowest BCUT2D eigenvalue weighted by Gasteiger charge is -2.69. The highest BCUT2D eigenvalue weighted by Gasteiger charge is 2.66. The van der Waals surface area contributed by atoms with Crippen molar-refractivity contribution in [3.8, 4) is 22.4 Å². The fourth-order valence-electron chi connectivity index (χ4n) is 11.7. The number of hydrogen-bond acceptors (Lipinski definition) is 9. The molecule has 2 atom stereocenters. The van der Waals surface area contributed by atoms with E-state index in [1.807, 2.05) is 73.7 Å². The van der Waals surface area contributed by atoms with Crippen LogP contribution in [0, 0.1) is 23.2 Å². The number of carboxylic acid groups (broad SMARTS) is 1. The van der Waals surface area contributed by atoms with Crippen molar-refractivity contribution >= 4 is 49.3 Å². The van der Waals surface area contributed by atoms with Crippen LogP contribution >= 0.6 is 11.3 Å². The van der Waals surface area contributed by atoms with Gasteiger partial charge < -0.3 is 19.9 Å². The summed E-state index contributed by atoms with van der Waals surface area (Å²) in [7, 11) is 1.72. The third kappa shape index (κ3) is 7.20. The zero-order valence-corrected chi connectivity index (χ0v) is 34.4. The Labute approximate surface area is 342 Å². The lowest BCUT2D eigenvalue weighted by atomic mass is 9.39. The van der Waals surface area contributed by atoms with E-state index in [9.17, 15) is 14.7 Å². The number of nitrogens with zero attached hydrogens (tertiary/aromatic N) is 4. The highest BCUT2D eigenvalue weighted by molar-refractivity contribution is 7.22. The van der Waals surface area contributed by atoms with Crippen LogP contribution in [0.15, 0.2) is 79.0 Å². The van der Waals surface area contributed by atoms with Crippen molar-refractivity contribution in [1.82, 2.24) is 25.1 Å². The number of amides is 1. The Morgan fingerprint density at radius 3 is 2.45 bits per heavy atom. The highest BCUT2D eigenvalue weighted by atomic mass is 32.1. The number of ether oxygens (including phenoxy) is 2. The molecule has 4 fully saturated rings. The number of rotatable bonds is 14. The Bertz CT molecular complexity index is 2510. The van der Waals surface area contributed by atoms with Crippen LogP contribution in [0.25, 0.3) is 43.4 Å². The molecule has 12 heteroatoms. The number of para-hydroxylation sites is 1. The predicted molar refractivity (Wildman–Crippen MR) is 227 cm³/mol. The minimum absolute atomic E-state index is 0.0355. The van der Waals surface area contributed by atoms with Crippen molar-refractivity contribution in [3.63, 3.8) is 0 Å². The summed E-state index contributed by atoms with van der Waals surface area (Å²) >= 11 is 1.43. The van der Waals surface area contributed by atoms with Crippen LogP contribution < -0.4 is 10.6 Å². The second-order valence-electron chi connectivity index (χ2n) is 17.8. The van der Waals surface area contributed by atoms with Gasteiger partial charge in [0.2, 0.25) is 0 Å². The van der Waals surface area contributed by atoms with Crippen LogP contribution in [0.3, 0.4) is 0 Å². The summed E-state index contributed by atoms with van der Waals surface area (Å²) < 4.78 is 15.1. The number of benzene rings is 3. The molecule has 3 aromatic heterocycles. The number of pyridine rings is 1. The molecular weight excluding hydrogens is 749 g/mol. The molecule has 0 spiro atoms. The average Bonchev–Trinajstić information content (AvgIpc) is 3.75. The molecule has 0 aliphatic heterocycles. The van der Waals surface area contributed by atoms with Gasteiger partial charge in [0.15, 0.2) is 10.8 Å². The lowest BCUT2D eigenvalue weighted by molar-refractivity contribution is -0.247. The first-order chi connectivity index (χ1) is 27.9. The molecule has 58 heavy (non-hydrogen) atoms. The molecule has 4 bridgehead atoms. The van der Waals surface area contributed by atoms with Crippen molar-refractivity contribution < 1.29 is 24.2 Å². The van der Waals surface area contributed by atoms with Gasteiger partial charge in [0, 0.05) is 54.7 Å². The molecule has 1 amide bonds. The molecule has 4 saturated carbocycles. The number of methoxy groups -OCH3 is 1. The zero-order valence-electron chi connectivity index (χ0n) is 33.6. The van der Waals surface area contributed by atoms with E-state index < -0.39 is 5.97 Å². The van der Waals surface area contributed by atoms with Crippen LogP contribution in [0.2, 0.25) is 0 Å². The number of hydrogen-bond donors (Lipinski definition) is 3. The number of thiazole rings is 1. The van der Waals surface area contributed by atoms with Gasteiger partial charge in [-0.25, -0.2) is 14.8 Å². The average molecular weight is 799 g/mol. The first-order valence-electron chi connectivity index (χ1n) is 20.2. The minimum atomic E-state index is -1.11. The number of aromatic carboxylic acids is 1. The van der Waals surface area contributed by atoms with Crippen molar-refractivity contribution in [3.05, 3.63) is 95.9 Å². The summed E-state index contributed by atoms with van der Waals surface area (Å²) in [6.45, 7) is 10.7. The Kier molecular flexibility index (Phi) is 9.74. The molecule has 4 aliphatic rings. The van der Waals surface area contributed by atoms with E-state index in [-0.39, 0.29) is 33.4 Å². The van der Waals surface area contributed by atoms with Crippen molar-refractivity contribution in [2.24, 2.45) is 16.2 Å². The molecule has 10 rings (SSSR count). The summed E-state index contributed by atoms with van der Waals surface area (Å²) in [6.07, 6.45) is 8.48. The van der Waals surface area contributed by atoms with Gasteiger partial charge >= 0.3 is 5.97 Å². The van der Waals surface area contributed by atoms with E-state index in [1.54, 1.807) is 19.4 Å². The Hall–Kier alpha value is -5.01. The number of fused-ring (bicyclic) bond motifs is 2.